The van der Waals surface area contributed by atoms with E-state index in [1.54, 1.807) is 0 Å². The van der Waals surface area contributed by atoms with Crippen LogP contribution in [0.15, 0.2) is 30.3 Å². The van der Waals surface area contributed by atoms with Gasteiger partial charge in [-0.2, -0.15) is 0 Å². The predicted molar refractivity (Wildman–Crippen MR) is 56.5 cm³/mol. The normalized spacial score (nSPS) is 24.1. The molecular formula is C12H16O3. The van der Waals surface area contributed by atoms with Gasteiger partial charge in [-0.15, -0.1) is 0 Å². The number of hydrogen-bond donors (Lipinski definition) is 1. The summed E-state index contributed by atoms with van der Waals surface area (Å²) in [4.78, 5) is 0. The van der Waals surface area contributed by atoms with Crippen molar-refractivity contribution >= 4 is 0 Å². The second kappa shape index (κ2) is 5.26. The van der Waals surface area contributed by atoms with Gasteiger partial charge in [0.1, 0.15) is 6.10 Å². The lowest BCUT2D eigenvalue weighted by Gasteiger charge is -2.02. The first-order valence-corrected chi connectivity index (χ1v) is 5.28. The van der Waals surface area contributed by atoms with E-state index in [9.17, 15) is 0 Å². The molecule has 3 nitrogen and oxygen atoms in total. The Bertz CT molecular complexity index is 286. The van der Waals surface area contributed by atoms with Crippen molar-refractivity contribution in [1.29, 1.82) is 0 Å². The molecule has 1 aliphatic heterocycles. The van der Waals surface area contributed by atoms with Crippen molar-refractivity contribution in [2.24, 2.45) is 0 Å². The van der Waals surface area contributed by atoms with Gasteiger partial charge in [0, 0.05) is 6.61 Å². The summed E-state index contributed by atoms with van der Waals surface area (Å²) in [7, 11) is 0. The molecule has 1 aromatic rings. The van der Waals surface area contributed by atoms with E-state index < -0.39 is 0 Å². The van der Waals surface area contributed by atoms with Gasteiger partial charge in [-0.3, -0.25) is 0 Å². The Balaban J connectivity index is 1.56. The van der Waals surface area contributed by atoms with E-state index in [1.807, 2.05) is 30.3 Å². The van der Waals surface area contributed by atoms with Crippen LogP contribution in [0.2, 0.25) is 0 Å². The molecule has 1 fully saturated rings. The van der Waals surface area contributed by atoms with Gasteiger partial charge in [-0.05, 0) is 12.0 Å². The van der Waals surface area contributed by atoms with Crippen LogP contribution in [0, 0.1) is 0 Å². The first kappa shape index (κ1) is 10.6. The molecule has 0 bridgehead atoms. The zero-order valence-electron chi connectivity index (χ0n) is 8.63. The largest absolute Gasteiger partial charge is 0.394 e. The van der Waals surface area contributed by atoms with Gasteiger partial charge in [0.15, 0.2) is 0 Å². The number of hydrogen-bond acceptors (Lipinski definition) is 3. The molecule has 2 unspecified atom stereocenters. The lowest BCUT2D eigenvalue weighted by atomic mass is 10.2. The van der Waals surface area contributed by atoms with E-state index in [0.717, 1.165) is 6.42 Å². The fourth-order valence-corrected chi connectivity index (χ4v) is 1.56. The van der Waals surface area contributed by atoms with Gasteiger partial charge in [0.2, 0.25) is 0 Å². The second-order valence-corrected chi connectivity index (χ2v) is 3.72. The Morgan fingerprint density at radius 2 is 2.00 bits per heavy atom. The maximum absolute atomic E-state index is 8.75. The van der Waals surface area contributed by atoms with Crippen LogP contribution in [-0.4, -0.2) is 30.5 Å². The maximum Gasteiger partial charge on any atom is 0.107 e. The van der Waals surface area contributed by atoms with E-state index >= 15 is 0 Å². The van der Waals surface area contributed by atoms with Gasteiger partial charge in [-0.25, -0.2) is 0 Å². The highest BCUT2D eigenvalue weighted by molar-refractivity contribution is 5.13. The molecule has 3 heteroatoms. The summed E-state index contributed by atoms with van der Waals surface area (Å²) in [5.74, 6) is 0. The topological polar surface area (TPSA) is 42.0 Å². The molecule has 1 saturated heterocycles. The molecule has 1 aliphatic rings. The molecule has 1 N–H and O–H groups in total. The summed E-state index contributed by atoms with van der Waals surface area (Å²) >= 11 is 0. The minimum atomic E-state index is 0.0605. The minimum absolute atomic E-state index is 0.0605. The molecule has 0 amide bonds. The van der Waals surface area contributed by atoms with E-state index in [2.05, 4.69) is 0 Å². The van der Waals surface area contributed by atoms with Gasteiger partial charge in [0.25, 0.3) is 0 Å². The Kier molecular flexibility index (Phi) is 3.72. The number of aliphatic hydroxyl groups is 1. The Morgan fingerprint density at radius 1 is 1.20 bits per heavy atom. The number of rotatable bonds is 6. The Morgan fingerprint density at radius 3 is 2.67 bits per heavy atom. The summed E-state index contributed by atoms with van der Waals surface area (Å²) < 4.78 is 10.7. The van der Waals surface area contributed by atoms with Crippen LogP contribution in [0.3, 0.4) is 0 Å². The summed E-state index contributed by atoms with van der Waals surface area (Å²) in [6.45, 7) is 1.47. The van der Waals surface area contributed by atoms with Crippen LogP contribution in [0.4, 0.5) is 0 Å². The molecule has 2 rings (SSSR count). The third kappa shape index (κ3) is 3.30. The highest BCUT2D eigenvalue weighted by atomic mass is 16.6. The molecule has 1 aromatic carbocycles. The van der Waals surface area contributed by atoms with Crippen LogP contribution in [0.1, 0.15) is 12.0 Å². The molecular weight excluding hydrogens is 192 g/mol. The van der Waals surface area contributed by atoms with E-state index in [1.165, 1.54) is 5.56 Å². The standard InChI is InChI=1S/C12H16O3/c13-8-12-11(15-12)6-7-14-9-10-4-2-1-3-5-10/h1-5,11-13H,6-9H2. The quantitative estimate of drug-likeness (QED) is 0.567. The third-order valence-corrected chi connectivity index (χ3v) is 2.53. The van der Waals surface area contributed by atoms with Gasteiger partial charge >= 0.3 is 0 Å². The first-order valence-electron chi connectivity index (χ1n) is 5.28. The van der Waals surface area contributed by atoms with Crippen molar-refractivity contribution in [3.63, 3.8) is 0 Å². The number of ether oxygens (including phenoxy) is 2. The van der Waals surface area contributed by atoms with Gasteiger partial charge in [0.05, 0.1) is 19.3 Å². The molecule has 0 aromatic heterocycles. The van der Waals surface area contributed by atoms with Crippen molar-refractivity contribution in [3.05, 3.63) is 35.9 Å². The molecule has 0 saturated carbocycles. The van der Waals surface area contributed by atoms with E-state index in [4.69, 9.17) is 14.6 Å². The van der Waals surface area contributed by atoms with E-state index in [0.29, 0.717) is 13.2 Å². The zero-order valence-corrected chi connectivity index (χ0v) is 8.63. The first-order chi connectivity index (χ1) is 7.40. The maximum atomic E-state index is 8.75. The highest BCUT2D eigenvalue weighted by Gasteiger charge is 2.37. The molecule has 0 aliphatic carbocycles. The summed E-state index contributed by atoms with van der Waals surface area (Å²) in [6, 6.07) is 10.1. The average Bonchev–Trinajstić information content (AvgIpc) is 3.05. The number of aliphatic hydroxyl groups excluding tert-OH is 1. The smallest absolute Gasteiger partial charge is 0.107 e. The Labute approximate surface area is 89.6 Å². The Hall–Kier alpha value is -0.900. The zero-order chi connectivity index (χ0) is 10.5. The van der Waals surface area contributed by atoms with Crippen LogP contribution >= 0.6 is 0 Å². The molecule has 2 atom stereocenters. The highest BCUT2D eigenvalue weighted by Crippen LogP contribution is 2.24. The monoisotopic (exact) mass is 208 g/mol. The minimum Gasteiger partial charge on any atom is -0.394 e. The van der Waals surface area contributed by atoms with Crippen LogP contribution < -0.4 is 0 Å². The SMILES string of the molecule is OCC1OC1CCOCc1ccccc1. The molecule has 82 valence electrons. The van der Waals surface area contributed by atoms with Crippen LogP contribution in [0.25, 0.3) is 0 Å². The fraction of sp³-hybridized carbons (Fsp3) is 0.500. The summed E-state index contributed by atoms with van der Waals surface area (Å²) in [6.07, 6.45) is 1.15. The van der Waals surface area contributed by atoms with Crippen molar-refractivity contribution in [3.8, 4) is 0 Å². The van der Waals surface area contributed by atoms with Crippen molar-refractivity contribution in [1.82, 2.24) is 0 Å². The van der Waals surface area contributed by atoms with Crippen molar-refractivity contribution < 1.29 is 14.6 Å². The molecule has 15 heavy (non-hydrogen) atoms. The molecule has 0 radical (unpaired) electrons. The third-order valence-electron chi connectivity index (χ3n) is 2.53. The van der Waals surface area contributed by atoms with E-state index in [-0.39, 0.29) is 18.8 Å². The summed E-state index contributed by atoms with van der Waals surface area (Å²) in [5, 5.41) is 8.75. The fourth-order valence-electron chi connectivity index (χ4n) is 1.56. The van der Waals surface area contributed by atoms with Crippen molar-refractivity contribution in [2.75, 3.05) is 13.2 Å². The summed E-state index contributed by atoms with van der Waals surface area (Å²) in [5.41, 5.74) is 1.19. The molecule has 1 heterocycles. The van der Waals surface area contributed by atoms with Crippen LogP contribution in [-0.2, 0) is 16.1 Å². The number of epoxide rings is 1. The van der Waals surface area contributed by atoms with Crippen molar-refractivity contribution in [2.45, 2.75) is 25.2 Å². The second-order valence-electron chi connectivity index (χ2n) is 3.72. The lowest BCUT2D eigenvalue weighted by molar-refractivity contribution is 0.113. The lowest BCUT2D eigenvalue weighted by Crippen LogP contribution is -2.03. The van der Waals surface area contributed by atoms with Gasteiger partial charge < -0.3 is 14.6 Å². The number of benzene rings is 1. The predicted octanol–water partition coefficient (Wildman–Crippen LogP) is 1.35. The van der Waals surface area contributed by atoms with Gasteiger partial charge in [-0.1, -0.05) is 30.3 Å². The molecule has 0 spiro atoms. The average molecular weight is 208 g/mol. The van der Waals surface area contributed by atoms with Crippen LogP contribution in [0.5, 0.6) is 0 Å².